The van der Waals surface area contributed by atoms with Crippen LogP contribution in [-0.2, 0) is 20.8 Å². The summed E-state index contributed by atoms with van der Waals surface area (Å²) in [7, 11) is 0. The number of nitrogens with two attached hydrogens (primary N) is 1. The third-order valence-corrected chi connectivity index (χ3v) is 6.06. The normalized spacial score (nSPS) is 13.9. The monoisotopic (exact) mass is 579 g/mol. The summed E-state index contributed by atoms with van der Waals surface area (Å²) < 4.78 is 31.7. The molecule has 1 atom stereocenters. The molecule has 2 aromatic rings. The fourth-order valence-corrected chi connectivity index (χ4v) is 4.12. The van der Waals surface area contributed by atoms with Gasteiger partial charge < -0.3 is 26.2 Å². The first kappa shape index (κ1) is 32.6. The van der Waals surface area contributed by atoms with Crippen LogP contribution in [0.25, 0.3) is 0 Å². The smallest absolute Gasteiger partial charge is 0.481 e. The molecule has 41 heavy (non-hydrogen) atoms. The van der Waals surface area contributed by atoms with Gasteiger partial charge in [-0.2, -0.15) is 13.2 Å². The van der Waals surface area contributed by atoms with Crippen LogP contribution in [0.15, 0.2) is 48.5 Å². The number of unbranched alkanes of at least 4 members (excludes halogenated alkanes) is 2. The number of para-hydroxylation sites is 1. The van der Waals surface area contributed by atoms with E-state index in [2.05, 4.69) is 5.32 Å². The number of amides is 2. The maximum absolute atomic E-state index is 13.5. The van der Waals surface area contributed by atoms with Crippen molar-refractivity contribution in [2.75, 3.05) is 18.0 Å². The molecule has 11 nitrogen and oxygen atoms in total. The molecule has 0 spiro atoms. The van der Waals surface area contributed by atoms with Gasteiger partial charge in [-0.05, 0) is 56.0 Å². The molecule has 0 bridgehead atoms. The van der Waals surface area contributed by atoms with E-state index in [1.54, 1.807) is 13.0 Å². The number of carbonyl (C=O) groups excluding carboxylic acids is 2. The SMILES string of the molecule is CC(CC(=O)O)N1CC(=O)N(c2ccccc2)c2ccc(CCCCCNC(=N)N)cc2C1=O.O=C(O)C(F)(F)F. The maximum atomic E-state index is 13.5. The zero-order valence-corrected chi connectivity index (χ0v) is 22.3. The summed E-state index contributed by atoms with van der Waals surface area (Å²) in [6.07, 6.45) is -1.87. The van der Waals surface area contributed by atoms with E-state index < -0.39 is 24.2 Å². The van der Waals surface area contributed by atoms with Crippen LogP contribution in [0.5, 0.6) is 0 Å². The number of hydrogen-bond donors (Lipinski definition) is 5. The molecule has 0 saturated heterocycles. The fraction of sp³-hybridized carbons (Fsp3) is 0.370. The van der Waals surface area contributed by atoms with E-state index in [-0.39, 0.29) is 30.7 Å². The second kappa shape index (κ2) is 14.7. The number of guanidine groups is 1. The van der Waals surface area contributed by atoms with Crippen molar-refractivity contribution in [1.29, 1.82) is 5.41 Å². The van der Waals surface area contributed by atoms with Crippen molar-refractivity contribution in [3.8, 4) is 0 Å². The maximum Gasteiger partial charge on any atom is 0.490 e. The van der Waals surface area contributed by atoms with Gasteiger partial charge in [-0.25, -0.2) is 4.79 Å². The summed E-state index contributed by atoms with van der Waals surface area (Å²) in [4.78, 5) is 49.9. The van der Waals surface area contributed by atoms with Crippen molar-refractivity contribution in [2.45, 2.75) is 51.2 Å². The number of hydrogen-bond acceptors (Lipinski definition) is 5. The number of benzene rings is 2. The average Bonchev–Trinajstić information content (AvgIpc) is 2.99. The van der Waals surface area contributed by atoms with E-state index in [1.807, 2.05) is 42.5 Å². The van der Waals surface area contributed by atoms with E-state index in [9.17, 15) is 32.7 Å². The summed E-state index contributed by atoms with van der Waals surface area (Å²) in [5.41, 5.74) is 7.80. The van der Waals surface area contributed by atoms with E-state index in [1.165, 1.54) is 9.80 Å². The molecule has 0 aromatic heterocycles. The van der Waals surface area contributed by atoms with Crippen LogP contribution in [-0.4, -0.2) is 70.1 Å². The number of carboxylic acid groups (broad SMARTS) is 2. The van der Waals surface area contributed by atoms with Gasteiger partial charge in [0.1, 0.15) is 6.54 Å². The lowest BCUT2D eigenvalue weighted by atomic mass is 10.0. The third-order valence-electron chi connectivity index (χ3n) is 6.06. The highest BCUT2D eigenvalue weighted by Gasteiger charge is 2.38. The van der Waals surface area contributed by atoms with Crippen LogP contribution >= 0.6 is 0 Å². The number of aliphatic carboxylic acids is 2. The second-order valence-electron chi connectivity index (χ2n) is 9.25. The Kier molecular flexibility index (Phi) is 11.7. The number of anilines is 2. The lowest BCUT2D eigenvalue weighted by molar-refractivity contribution is -0.192. The van der Waals surface area contributed by atoms with E-state index in [0.717, 1.165) is 31.2 Å². The first-order valence-electron chi connectivity index (χ1n) is 12.6. The summed E-state index contributed by atoms with van der Waals surface area (Å²) in [6, 6.07) is 14.1. The zero-order valence-electron chi connectivity index (χ0n) is 22.3. The first-order valence-corrected chi connectivity index (χ1v) is 12.6. The van der Waals surface area contributed by atoms with Gasteiger partial charge in [0.25, 0.3) is 11.8 Å². The van der Waals surface area contributed by atoms with Crippen LogP contribution < -0.4 is 16.0 Å². The molecule has 1 heterocycles. The zero-order chi connectivity index (χ0) is 30.7. The second-order valence-corrected chi connectivity index (χ2v) is 9.25. The van der Waals surface area contributed by atoms with Crippen LogP contribution in [0.4, 0.5) is 24.5 Å². The topological polar surface area (TPSA) is 177 Å². The van der Waals surface area contributed by atoms with Gasteiger partial charge in [0.2, 0.25) is 0 Å². The van der Waals surface area contributed by atoms with Gasteiger partial charge in [-0.1, -0.05) is 30.7 Å². The molecule has 0 aliphatic carbocycles. The molecular formula is C27H32F3N5O6. The Morgan fingerprint density at radius 1 is 1.07 bits per heavy atom. The van der Waals surface area contributed by atoms with Crippen molar-refractivity contribution in [3.05, 3.63) is 59.7 Å². The minimum absolute atomic E-state index is 0.0385. The number of rotatable bonds is 10. The number of carboxylic acids is 2. The molecule has 222 valence electrons. The Balaban J connectivity index is 0.000000745. The predicted octanol–water partition coefficient (Wildman–Crippen LogP) is 3.50. The highest BCUT2D eigenvalue weighted by Crippen LogP contribution is 2.34. The van der Waals surface area contributed by atoms with Gasteiger partial charge in [-0.3, -0.25) is 24.7 Å². The number of fused-ring (bicyclic) bond motifs is 1. The van der Waals surface area contributed by atoms with Gasteiger partial charge in [-0.15, -0.1) is 0 Å². The number of nitrogens with zero attached hydrogens (tertiary/aromatic N) is 2. The van der Waals surface area contributed by atoms with Crippen LogP contribution in [0.3, 0.4) is 0 Å². The number of aryl methyl sites for hydroxylation is 1. The number of nitrogens with one attached hydrogen (secondary N) is 2. The van der Waals surface area contributed by atoms with Gasteiger partial charge in [0.15, 0.2) is 5.96 Å². The molecule has 0 fully saturated rings. The summed E-state index contributed by atoms with van der Waals surface area (Å²) in [5, 5.41) is 26.3. The predicted molar refractivity (Wildman–Crippen MR) is 144 cm³/mol. The minimum Gasteiger partial charge on any atom is -0.481 e. The standard InChI is InChI=1S/C25H31N5O4.C2HF3O2/c1-17(14-23(32)33)29-16-22(31)30(19-9-5-2-6-10-19)21-12-11-18(15-20(21)24(29)34)8-4-3-7-13-28-25(26)27;3-2(4,5)1(6)7/h2,5-6,9-12,15,17H,3-4,7-8,13-14,16H2,1H3,(H,32,33)(H4,26,27,28);(H,6,7). The van der Waals surface area contributed by atoms with Crippen molar-refractivity contribution in [3.63, 3.8) is 0 Å². The molecule has 14 heteroatoms. The molecule has 1 aliphatic heterocycles. The number of carbonyl (C=O) groups is 4. The van der Waals surface area contributed by atoms with E-state index >= 15 is 0 Å². The molecule has 0 radical (unpaired) electrons. The van der Waals surface area contributed by atoms with E-state index in [0.29, 0.717) is 23.5 Å². The van der Waals surface area contributed by atoms with Gasteiger partial charge >= 0.3 is 18.1 Å². The molecular weight excluding hydrogens is 547 g/mol. The Morgan fingerprint density at radius 3 is 2.27 bits per heavy atom. The largest absolute Gasteiger partial charge is 0.490 e. The number of alkyl halides is 3. The lowest BCUT2D eigenvalue weighted by Gasteiger charge is -2.26. The average molecular weight is 580 g/mol. The molecule has 0 saturated carbocycles. The molecule has 1 aliphatic rings. The highest BCUT2D eigenvalue weighted by atomic mass is 19.4. The Hall–Kier alpha value is -4.62. The summed E-state index contributed by atoms with van der Waals surface area (Å²) >= 11 is 0. The lowest BCUT2D eigenvalue weighted by Crippen LogP contribution is -2.43. The molecule has 2 amide bonds. The summed E-state index contributed by atoms with van der Waals surface area (Å²) in [6.45, 7) is 2.09. The van der Waals surface area contributed by atoms with Crippen molar-refractivity contribution < 1.29 is 42.6 Å². The van der Waals surface area contributed by atoms with Crippen LogP contribution in [0, 0.1) is 5.41 Å². The van der Waals surface area contributed by atoms with Crippen molar-refractivity contribution in [1.82, 2.24) is 10.2 Å². The fourth-order valence-electron chi connectivity index (χ4n) is 4.12. The van der Waals surface area contributed by atoms with Gasteiger partial charge in [0.05, 0.1) is 17.7 Å². The Bertz CT molecular complexity index is 1260. The van der Waals surface area contributed by atoms with Crippen molar-refractivity contribution >= 4 is 41.1 Å². The summed E-state index contributed by atoms with van der Waals surface area (Å²) in [5.74, 6) is -4.45. The third kappa shape index (κ3) is 9.81. The molecule has 2 aromatic carbocycles. The van der Waals surface area contributed by atoms with Gasteiger partial charge in [0, 0.05) is 18.3 Å². The number of halogens is 3. The molecule has 1 unspecified atom stereocenters. The quantitative estimate of drug-likeness (QED) is 0.161. The molecule has 6 N–H and O–H groups in total. The Morgan fingerprint density at radius 2 is 1.71 bits per heavy atom. The highest BCUT2D eigenvalue weighted by molar-refractivity contribution is 6.13. The van der Waals surface area contributed by atoms with E-state index in [4.69, 9.17) is 21.0 Å². The minimum atomic E-state index is -5.08. The first-order chi connectivity index (χ1) is 19.2. The van der Waals surface area contributed by atoms with Crippen molar-refractivity contribution in [2.24, 2.45) is 5.73 Å². The van der Waals surface area contributed by atoms with Crippen LogP contribution in [0.1, 0.15) is 48.5 Å². The Labute approximate surface area is 234 Å². The van der Waals surface area contributed by atoms with Crippen LogP contribution in [0.2, 0.25) is 0 Å². The molecule has 3 rings (SSSR count).